The Morgan fingerprint density at radius 3 is 2.82 bits per heavy atom. The van der Waals surface area contributed by atoms with E-state index in [0.717, 1.165) is 5.56 Å². The lowest BCUT2D eigenvalue weighted by molar-refractivity contribution is 0.326. The first-order valence-corrected chi connectivity index (χ1v) is 4.04. The molecule has 0 radical (unpaired) electrons. The van der Waals surface area contributed by atoms with Crippen molar-refractivity contribution in [3.63, 3.8) is 0 Å². The Morgan fingerprint density at radius 1 is 1.55 bits per heavy atom. The van der Waals surface area contributed by atoms with Crippen LogP contribution in [0.1, 0.15) is 12.5 Å². The maximum absolute atomic E-state index is 5.58. The molecule has 1 aromatic rings. The third kappa shape index (κ3) is 2.39. The van der Waals surface area contributed by atoms with Crippen LogP contribution in [0.4, 0.5) is 0 Å². The number of aromatic nitrogens is 1. The Balaban J connectivity index is 2.66. The van der Waals surface area contributed by atoms with Gasteiger partial charge in [0.15, 0.2) is 0 Å². The second-order valence-electron chi connectivity index (χ2n) is 2.07. The maximum Gasteiger partial charge on any atom is 0.213 e. The molecule has 0 spiro atoms. The molecule has 1 rings (SSSR count). The summed E-state index contributed by atoms with van der Waals surface area (Å²) in [4.78, 5) is 4.03. The molecular weight excluding hydrogens is 162 g/mol. The molecule has 0 atom stereocenters. The molecule has 0 bridgehead atoms. The topological polar surface area (TPSA) is 22.1 Å². The third-order valence-corrected chi connectivity index (χ3v) is 1.55. The van der Waals surface area contributed by atoms with Crippen LogP contribution in [-0.4, -0.2) is 11.6 Å². The van der Waals surface area contributed by atoms with Gasteiger partial charge in [-0.1, -0.05) is 6.07 Å². The fraction of sp³-hybridized carbons (Fsp3) is 0.375. The van der Waals surface area contributed by atoms with Crippen LogP contribution in [0, 0.1) is 0 Å². The van der Waals surface area contributed by atoms with Gasteiger partial charge >= 0.3 is 0 Å². The number of rotatable bonds is 3. The molecule has 0 aliphatic heterocycles. The first kappa shape index (κ1) is 8.34. The predicted octanol–water partition coefficient (Wildman–Crippen LogP) is 2.22. The van der Waals surface area contributed by atoms with Gasteiger partial charge in [0.25, 0.3) is 0 Å². The quantitative estimate of drug-likeness (QED) is 0.651. The van der Waals surface area contributed by atoms with E-state index in [2.05, 4.69) is 4.98 Å². The van der Waals surface area contributed by atoms with Crippen molar-refractivity contribution in [2.75, 3.05) is 6.61 Å². The van der Waals surface area contributed by atoms with Crippen LogP contribution < -0.4 is 4.74 Å². The fourth-order valence-corrected chi connectivity index (χ4v) is 0.881. The van der Waals surface area contributed by atoms with E-state index < -0.39 is 0 Å². The Labute approximate surface area is 71.2 Å². The lowest BCUT2D eigenvalue weighted by Crippen LogP contribution is -1.93. The van der Waals surface area contributed by atoms with Gasteiger partial charge in [-0.3, -0.25) is 0 Å². The lowest BCUT2D eigenvalue weighted by atomic mass is 10.3. The number of halogens is 1. The highest BCUT2D eigenvalue weighted by atomic mass is 35.5. The van der Waals surface area contributed by atoms with Gasteiger partial charge in [0.1, 0.15) is 0 Å². The molecule has 0 saturated carbocycles. The number of nitrogens with zero attached hydrogens (tertiary/aromatic N) is 1. The number of hydrogen-bond donors (Lipinski definition) is 0. The van der Waals surface area contributed by atoms with Crippen molar-refractivity contribution in [3.8, 4) is 5.88 Å². The van der Waals surface area contributed by atoms with E-state index in [9.17, 15) is 0 Å². The summed E-state index contributed by atoms with van der Waals surface area (Å²) in [5.41, 5.74) is 1.01. The molecular formula is C8H10ClNO. The second kappa shape index (κ2) is 4.19. The molecule has 1 heterocycles. The molecule has 3 heteroatoms. The maximum atomic E-state index is 5.58. The van der Waals surface area contributed by atoms with Gasteiger partial charge in [-0.25, -0.2) is 4.98 Å². The van der Waals surface area contributed by atoms with Crippen molar-refractivity contribution < 1.29 is 4.74 Å². The Kier molecular flexibility index (Phi) is 3.17. The van der Waals surface area contributed by atoms with Gasteiger partial charge in [-0.2, -0.15) is 0 Å². The van der Waals surface area contributed by atoms with Gasteiger partial charge in [0, 0.05) is 18.1 Å². The van der Waals surface area contributed by atoms with Crippen LogP contribution in [0.15, 0.2) is 18.3 Å². The van der Waals surface area contributed by atoms with Crippen molar-refractivity contribution in [2.45, 2.75) is 12.8 Å². The van der Waals surface area contributed by atoms with E-state index in [0.29, 0.717) is 18.4 Å². The summed E-state index contributed by atoms with van der Waals surface area (Å²) in [5.74, 6) is 1.15. The number of hydrogen-bond acceptors (Lipinski definition) is 2. The molecule has 0 amide bonds. The van der Waals surface area contributed by atoms with E-state index >= 15 is 0 Å². The Bertz CT molecular complexity index is 210. The third-order valence-electron chi connectivity index (χ3n) is 1.24. The summed E-state index contributed by atoms with van der Waals surface area (Å²) >= 11 is 5.58. The smallest absolute Gasteiger partial charge is 0.213 e. The predicted molar refractivity (Wildman–Crippen MR) is 45.0 cm³/mol. The summed E-state index contributed by atoms with van der Waals surface area (Å²) in [5, 5.41) is 0. The normalized spacial score (nSPS) is 9.64. The van der Waals surface area contributed by atoms with E-state index in [1.165, 1.54) is 0 Å². The monoisotopic (exact) mass is 171 g/mol. The standard InChI is InChI=1S/C8H10ClNO/c1-2-11-8-4-3-7(5-9)6-10-8/h3-4,6H,2,5H2,1H3. The minimum absolute atomic E-state index is 0.499. The molecule has 11 heavy (non-hydrogen) atoms. The van der Waals surface area contributed by atoms with Crippen LogP contribution in [-0.2, 0) is 5.88 Å². The van der Waals surface area contributed by atoms with E-state index in [-0.39, 0.29) is 0 Å². The summed E-state index contributed by atoms with van der Waals surface area (Å²) in [6.07, 6.45) is 1.72. The zero-order valence-electron chi connectivity index (χ0n) is 6.38. The first-order chi connectivity index (χ1) is 5.36. The van der Waals surface area contributed by atoms with Crippen molar-refractivity contribution >= 4 is 11.6 Å². The van der Waals surface area contributed by atoms with Crippen molar-refractivity contribution in [3.05, 3.63) is 23.9 Å². The van der Waals surface area contributed by atoms with Crippen LogP contribution >= 0.6 is 11.6 Å². The van der Waals surface area contributed by atoms with Crippen LogP contribution in [0.3, 0.4) is 0 Å². The van der Waals surface area contributed by atoms with Crippen LogP contribution in [0.25, 0.3) is 0 Å². The molecule has 0 saturated heterocycles. The SMILES string of the molecule is CCOc1ccc(CCl)cn1. The van der Waals surface area contributed by atoms with Crippen LogP contribution in [0.2, 0.25) is 0 Å². The highest BCUT2D eigenvalue weighted by molar-refractivity contribution is 6.17. The first-order valence-electron chi connectivity index (χ1n) is 3.50. The summed E-state index contributed by atoms with van der Waals surface area (Å²) in [7, 11) is 0. The van der Waals surface area contributed by atoms with Crippen molar-refractivity contribution in [1.82, 2.24) is 4.98 Å². The van der Waals surface area contributed by atoms with Crippen molar-refractivity contribution in [2.24, 2.45) is 0 Å². The van der Waals surface area contributed by atoms with Gasteiger partial charge in [0.2, 0.25) is 5.88 Å². The highest BCUT2D eigenvalue weighted by Gasteiger charge is 1.93. The zero-order valence-corrected chi connectivity index (χ0v) is 7.14. The van der Waals surface area contributed by atoms with Crippen molar-refractivity contribution in [1.29, 1.82) is 0 Å². The molecule has 0 aliphatic rings. The van der Waals surface area contributed by atoms with Crippen LogP contribution in [0.5, 0.6) is 5.88 Å². The summed E-state index contributed by atoms with van der Waals surface area (Å²) in [6.45, 7) is 2.57. The number of alkyl halides is 1. The minimum Gasteiger partial charge on any atom is -0.478 e. The zero-order chi connectivity index (χ0) is 8.10. The molecule has 60 valence electrons. The van der Waals surface area contributed by atoms with Gasteiger partial charge in [-0.15, -0.1) is 11.6 Å². The Morgan fingerprint density at radius 2 is 2.36 bits per heavy atom. The summed E-state index contributed by atoms with van der Waals surface area (Å²) < 4.78 is 5.15. The average molecular weight is 172 g/mol. The Hall–Kier alpha value is -0.760. The lowest BCUT2D eigenvalue weighted by Gasteiger charge is -2.00. The van der Waals surface area contributed by atoms with E-state index in [1.54, 1.807) is 6.20 Å². The van der Waals surface area contributed by atoms with Gasteiger partial charge in [0.05, 0.1) is 6.61 Å². The fourth-order valence-electron chi connectivity index (χ4n) is 0.723. The minimum atomic E-state index is 0.499. The molecule has 0 aromatic carbocycles. The van der Waals surface area contributed by atoms with E-state index in [4.69, 9.17) is 16.3 Å². The molecule has 0 unspecified atom stereocenters. The molecule has 0 aliphatic carbocycles. The second-order valence-corrected chi connectivity index (χ2v) is 2.34. The summed E-state index contributed by atoms with van der Waals surface area (Å²) in [6, 6.07) is 3.73. The molecule has 0 fully saturated rings. The van der Waals surface area contributed by atoms with Gasteiger partial charge in [-0.05, 0) is 12.5 Å². The molecule has 0 N–H and O–H groups in total. The molecule has 1 aromatic heterocycles. The van der Waals surface area contributed by atoms with E-state index in [1.807, 2.05) is 19.1 Å². The largest absolute Gasteiger partial charge is 0.478 e. The average Bonchev–Trinajstić information content (AvgIpc) is 2.07. The number of ether oxygens (including phenoxy) is 1. The van der Waals surface area contributed by atoms with Gasteiger partial charge < -0.3 is 4.74 Å². The highest BCUT2D eigenvalue weighted by Crippen LogP contribution is 2.08. The number of pyridine rings is 1. The molecule has 2 nitrogen and oxygen atoms in total.